The highest BCUT2D eigenvalue weighted by Gasteiger charge is 2.29. The molecule has 17 nitrogen and oxygen atoms in total. The van der Waals surface area contributed by atoms with Crippen molar-refractivity contribution < 1.29 is 42.7 Å². The highest BCUT2D eigenvalue weighted by Crippen LogP contribution is 2.31. The van der Waals surface area contributed by atoms with E-state index in [4.69, 9.17) is 43.6 Å². The molecule has 5 aliphatic rings. The SMILES string of the molecule is CC(C)(C)OC(=O)N(Cc1cc2c(cn1)OCCO2)CC1CN(Cc2ccccc2)CCO1.NCC1CN(Cc2ccccc2)CCO1.c1ccc(CN2CCOC(CNCc3cc4c(cn3)OCCO4)C2)cc1. The maximum atomic E-state index is 13.0. The van der Waals surface area contributed by atoms with Gasteiger partial charge in [-0.05, 0) is 37.5 Å². The molecule has 0 radical (unpaired) electrons. The average Bonchev–Trinajstić information content (AvgIpc) is 3.42. The fourth-order valence-corrected chi connectivity index (χ4v) is 9.17. The number of rotatable bonds is 15. The fraction of sp³-hybridized carbons (Fsp3) is 0.491. The molecule has 1 amide bonds. The van der Waals surface area contributed by atoms with E-state index in [-0.39, 0.29) is 24.4 Å². The van der Waals surface area contributed by atoms with Crippen LogP contribution in [0.15, 0.2) is 116 Å². The summed E-state index contributed by atoms with van der Waals surface area (Å²) < 4.78 is 45.5. The molecule has 3 saturated heterocycles. The molecule has 398 valence electrons. The predicted octanol–water partition coefficient (Wildman–Crippen LogP) is 6.18. The number of benzene rings is 3. The van der Waals surface area contributed by atoms with Crippen molar-refractivity contribution >= 4 is 6.09 Å². The van der Waals surface area contributed by atoms with Crippen molar-refractivity contribution in [3.8, 4) is 23.0 Å². The van der Waals surface area contributed by atoms with E-state index in [0.717, 1.165) is 95.9 Å². The summed E-state index contributed by atoms with van der Waals surface area (Å²) >= 11 is 0. The van der Waals surface area contributed by atoms with Crippen LogP contribution < -0.4 is 30.0 Å². The predicted molar refractivity (Wildman–Crippen MR) is 282 cm³/mol. The van der Waals surface area contributed by atoms with Gasteiger partial charge >= 0.3 is 6.09 Å². The topological polar surface area (TPSA) is 168 Å². The van der Waals surface area contributed by atoms with Gasteiger partial charge in [0.15, 0.2) is 23.0 Å². The highest BCUT2D eigenvalue weighted by atomic mass is 16.6. The van der Waals surface area contributed by atoms with Gasteiger partial charge in [-0.25, -0.2) is 4.79 Å². The van der Waals surface area contributed by atoms with Gasteiger partial charge < -0.3 is 48.9 Å². The Kier molecular flexibility index (Phi) is 20.7. The average molecular weight is 1020 g/mol. The summed E-state index contributed by atoms with van der Waals surface area (Å²) in [5.74, 6) is 2.79. The van der Waals surface area contributed by atoms with Crippen LogP contribution in [0, 0.1) is 0 Å². The molecule has 3 N–H and O–H groups in total. The summed E-state index contributed by atoms with van der Waals surface area (Å²) in [4.78, 5) is 30.8. The number of ether oxygens (including phenoxy) is 8. The molecular formula is C57H76N8O9. The van der Waals surface area contributed by atoms with Crippen molar-refractivity contribution in [1.82, 2.24) is 34.9 Å². The van der Waals surface area contributed by atoms with Gasteiger partial charge in [0.05, 0.1) is 75.0 Å². The standard InChI is InChI=1S/C25H33N3O5.C20H25N3O3.C12H18N2O/c1-25(2,3)33-24(29)28(16-20-13-22-23(14-26-20)32-12-11-31-22)18-21-17-27(9-10-30-21)15-19-7-5-4-6-8-19;1-2-4-16(5-3-1)14-23-6-7-24-18(15-23)12-21-11-17-10-19-20(13-22-17)26-9-8-25-19;13-8-12-10-14(6-7-15-12)9-11-4-2-1-3-5-11/h4-8,13-14,21H,9-12,15-18H2,1-3H3;1-5,10,13,18,21H,6-9,11-12,14-15H2;1-5,12H,6-10,13H2. The number of fused-ring (bicyclic) bond motifs is 2. The quantitative estimate of drug-likeness (QED) is 0.122. The molecule has 5 aliphatic heterocycles. The number of amides is 1. The van der Waals surface area contributed by atoms with Gasteiger partial charge in [0, 0.05) is 90.7 Å². The Hall–Kier alpha value is -5.89. The molecule has 10 rings (SSSR count). The third kappa shape index (κ3) is 17.9. The van der Waals surface area contributed by atoms with Gasteiger partial charge in [-0.15, -0.1) is 0 Å². The van der Waals surface area contributed by atoms with Crippen LogP contribution >= 0.6 is 0 Å². The lowest BCUT2D eigenvalue weighted by Gasteiger charge is -2.36. The number of morpholine rings is 3. The molecule has 2 aromatic heterocycles. The van der Waals surface area contributed by atoms with Crippen molar-refractivity contribution in [2.45, 2.75) is 77.4 Å². The Morgan fingerprint density at radius 2 is 1.04 bits per heavy atom. The van der Waals surface area contributed by atoms with Crippen molar-refractivity contribution in [2.75, 3.05) is 105 Å². The Balaban J connectivity index is 0.000000158. The van der Waals surface area contributed by atoms with E-state index < -0.39 is 5.60 Å². The Morgan fingerprint density at radius 3 is 1.54 bits per heavy atom. The summed E-state index contributed by atoms with van der Waals surface area (Å²) in [6.07, 6.45) is 3.29. The lowest BCUT2D eigenvalue weighted by atomic mass is 10.2. The zero-order valence-corrected chi connectivity index (χ0v) is 43.5. The molecule has 0 bridgehead atoms. The summed E-state index contributed by atoms with van der Waals surface area (Å²) in [5, 5.41) is 3.45. The first-order valence-corrected chi connectivity index (χ1v) is 26.1. The second kappa shape index (κ2) is 28.1. The molecular weight excluding hydrogens is 941 g/mol. The van der Waals surface area contributed by atoms with Crippen LogP contribution in [0.25, 0.3) is 0 Å². The molecule has 5 aromatic rings. The van der Waals surface area contributed by atoms with E-state index >= 15 is 0 Å². The molecule has 3 fully saturated rings. The van der Waals surface area contributed by atoms with Gasteiger partial charge in [-0.1, -0.05) is 91.0 Å². The smallest absolute Gasteiger partial charge is 0.410 e. The number of carbonyl (C=O) groups excluding carboxylic acids is 1. The van der Waals surface area contributed by atoms with E-state index in [1.807, 2.05) is 45.0 Å². The van der Waals surface area contributed by atoms with Crippen molar-refractivity contribution in [1.29, 1.82) is 0 Å². The Morgan fingerprint density at radius 1 is 0.608 bits per heavy atom. The van der Waals surface area contributed by atoms with Gasteiger partial charge in [0.2, 0.25) is 0 Å². The first-order chi connectivity index (χ1) is 36.1. The zero-order chi connectivity index (χ0) is 51.4. The fourth-order valence-electron chi connectivity index (χ4n) is 9.17. The zero-order valence-electron chi connectivity index (χ0n) is 43.5. The molecule has 3 unspecified atom stereocenters. The summed E-state index contributed by atoms with van der Waals surface area (Å²) in [6, 6.07) is 35.3. The van der Waals surface area contributed by atoms with Crippen molar-refractivity contribution in [3.05, 3.63) is 144 Å². The number of carbonyl (C=O) groups is 1. The summed E-state index contributed by atoms with van der Waals surface area (Å²) in [6.45, 7) is 21.1. The third-order valence-corrected chi connectivity index (χ3v) is 12.8. The number of hydrogen-bond donors (Lipinski definition) is 2. The highest BCUT2D eigenvalue weighted by molar-refractivity contribution is 5.68. The van der Waals surface area contributed by atoms with Gasteiger partial charge in [-0.2, -0.15) is 0 Å². The van der Waals surface area contributed by atoms with Crippen LogP contribution in [0.5, 0.6) is 23.0 Å². The summed E-state index contributed by atoms with van der Waals surface area (Å²) in [7, 11) is 0. The number of nitrogens with zero attached hydrogens (tertiary/aromatic N) is 6. The molecule has 3 atom stereocenters. The second-order valence-electron chi connectivity index (χ2n) is 20.0. The minimum Gasteiger partial charge on any atom is -0.486 e. The molecule has 17 heteroatoms. The number of nitrogens with one attached hydrogen (secondary N) is 1. The van der Waals surface area contributed by atoms with Crippen molar-refractivity contribution in [2.24, 2.45) is 5.73 Å². The van der Waals surface area contributed by atoms with E-state index in [1.165, 1.54) is 16.7 Å². The van der Waals surface area contributed by atoms with E-state index in [9.17, 15) is 4.79 Å². The maximum Gasteiger partial charge on any atom is 0.410 e. The first-order valence-electron chi connectivity index (χ1n) is 26.1. The van der Waals surface area contributed by atoms with Crippen LogP contribution in [0.3, 0.4) is 0 Å². The molecule has 7 heterocycles. The minimum atomic E-state index is -0.595. The number of nitrogens with two attached hydrogens (primary N) is 1. The first kappa shape index (κ1) is 54.4. The summed E-state index contributed by atoms with van der Waals surface area (Å²) in [5.41, 5.74) is 10.6. The van der Waals surface area contributed by atoms with E-state index in [0.29, 0.717) is 76.4 Å². The van der Waals surface area contributed by atoms with Crippen molar-refractivity contribution in [3.63, 3.8) is 0 Å². The van der Waals surface area contributed by atoms with E-state index in [2.05, 4.69) is 109 Å². The third-order valence-electron chi connectivity index (χ3n) is 12.8. The molecule has 74 heavy (non-hydrogen) atoms. The van der Waals surface area contributed by atoms with E-state index in [1.54, 1.807) is 17.3 Å². The van der Waals surface area contributed by atoms with Crippen LogP contribution in [-0.2, 0) is 51.7 Å². The molecule has 0 aliphatic carbocycles. The van der Waals surface area contributed by atoms with Crippen LogP contribution in [0.4, 0.5) is 4.79 Å². The minimum absolute atomic E-state index is 0.118. The van der Waals surface area contributed by atoms with Crippen LogP contribution in [-0.4, -0.2) is 165 Å². The molecule has 0 saturated carbocycles. The van der Waals surface area contributed by atoms with Crippen LogP contribution in [0.2, 0.25) is 0 Å². The number of aromatic nitrogens is 2. The molecule has 0 spiro atoms. The van der Waals surface area contributed by atoms with Gasteiger partial charge in [0.25, 0.3) is 0 Å². The van der Waals surface area contributed by atoms with Gasteiger partial charge in [-0.3, -0.25) is 29.6 Å². The monoisotopic (exact) mass is 1020 g/mol. The Labute approximate surface area is 437 Å². The Bertz CT molecular complexity index is 2440. The lowest BCUT2D eigenvalue weighted by molar-refractivity contribution is -0.0511. The normalized spacial score (nSPS) is 20.0. The van der Waals surface area contributed by atoms with Crippen LogP contribution in [0.1, 0.15) is 48.8 Å². The largest absolute Gasteiger partial charge is 0.486 e. The van der Waals surface area contributed by atoms with Gasteiger partial charge in [0.1, 0.15) is 32.0 Å². The number of pyridine rings is 2. The molecule has 3 aromatic carbocycles. The number of hydrogen-bond acceptors (Lipinski definition) is 16. The lowest BCUT2D eigenvalue weighted by Crippen LogP contribution is -2.49. The maximum absolute atomic E-state index is 13.0. The second-order valence-corrected chi connectivity index (χ2v) is 20.0.